The van der Waals surface area contributed by atoms with Crippen LogP contribution in [0, 0.1) is 0 Å². The number of aromatic nitrogens is 1. The van der Waals surface area contributed by atoms with Gasteiger partial charge in [0.15, 0.2) is 0 Å². The third-order valence-corrected chi connectivity index (χ3v) is 2.17. The van der Waals surface area contributed by atoms with Crippen LogP contribution >= 0.6 is 0 Å². The molecule has 1 rings (SSSR count). The lowest BCUT2D eigenvalue weighted by molar-refractivity contribution is 0.170. The Morgan fingerprint density at radius 1 is 1.44 bits per heavy atom. The van der Waals surface area contributed by atoms with Crippen molar-refractivity contribution in [2.24, 2.45) is 0 Å². The third kappa shape index (κ3) is 4.04. The van der Waals surface area contributed by atoms with E-state index in [-0.39, 0.29) is 12.6 Å². The van der Waals surface area contributed by atoms with E-state index >= 15 is 0 Å². The number of pyridine rings is 1. The van der Waals surface area contributed by atoms with Crippen molar-refractivity contribution in [3.8, 4) is 5.75 Å². The topological polar surface area (TPSA) is 63.6 Å². The summed E-state index contributed by atoms with van der Waals surface area (Å²) in [7, 11) is 3.23. The molecule has 0 amide bonds. The summed E-state index contributed by atoms with van der Waals surface area (Å²) in [5.74, 6) is 1.47. The summed E-state index contributed by atoms with van der Waals surface area (Å²) in [5.41, 5.74) is 0. The summed E-state index contributed by atoms with van der Waals surface area (Å²) in [6.45, 7) is 0.658. The molecule has 0 aliphatic rings. The van der Waals surface area contributed by atoms with Crippen molar-refractivity contribution < 1.29 is 14.6 Å². The summed E-state index contributed by atoms with van der Waals surface area (Å²) in [5, 5.41) is 12.1. The molecule has 1 atom stereocenters. The predicted molar refractivity (Wildman–Crippen MR) is 61.8 cm³/mol. The van der Waals surface area contributed by atoms with Crippen LogP contribution in [0.2, 0.25) is 0 Å². The average molecular weight is 226 g/mol. The summed E-state index contributed by atoms with van der Waals surface area (Å²) in [4.78, 5) is 4.18. The molecule has 16 heavy (non-hydrogen) atoms. The van der Waals surface area contributed by atoms with Crippen LogP contribution in [-0.4, -0.2) is 43.6 Å². The molecule has 0 radical (unpaired) electrons. The predicted octanol–water partition coefficient (Wildman–Crippen LogP) is 0.899. The summed E-state index contributed by atoms with van der Waals surface area (Å²) < 4.78 is 10.1. The maximum atomic E-state index is 8.89. The van der Waals surface area contributed by atoms with Gasteiger partial charge >= 0.3 is 0 Å². The number of anilines is 1. The Kier molecular flexibility index (Phi) is 5.60. The molecule has 1 unspecified atom stereocenters. The zero-order valence-electron chi connectivity index (χ0n) is 9.64. The number of hydrogen-bond donors (Lipinski definition) is 2. The molecule has 0 spiro atoms. The maximum Gasteiger partial charge on any atom is 0.137 e. The monoisotopic (exact) mass is 226 g/mol. The first kappa shape index (κ1) is 12.7. The van der Waals surface area contributed by atoms with Gasteiger partial charge in [0.2, 0.25) is 0 Å². The first-order chi connectivity index (χ1) is 7.80. The average Bonchev–Trinajstić information content (AvgIpc) is 2.31. The van der Waals surface area contributed by atoms with Crippen LogP contribution in [0.15, 0.2) is 18.3 Å². The molecule has 0 bridgehead atoms. The van der Waals surface area contributed by atoms with E-state index in [1.807, 2.05) is 12.1 Å². The molecule has 1 aromatic heterocycles. The van der Waals surface area contributed by atoms with E-state index in [4.69, 9.17) is 14.6 Å². The van der Waals surface area contributed by atoms with Gasteiger partial charge in [-0.05, 0) is 18.6 Å². The fourth-order valence-corrected chi connectivity index (χ4v) is 1.35. The molecule has 0 aliphatic carbocycles. The minimum absolute atomic E-state index is 0.0656. The van der Waals surface area contributed by atoms with Crippen LogP contribution < -0.4 is 10.1 Å². The highest BCUT2D eigenvalue weighted by Crippen LogP contribution is 2.12. The SMILES string of the molecule is COCC(CCO)Nc1ccc(OC)cn1. The Bertz CT molecular complexity index is 284. The number of aliphatic hydroxyl groups excluding tert-OH is 1. The van der Waals surface area contributed by atoms with Gasteiger partial charge in [0.1, 0.15) is 11.6 Å². The van der Waals surface area contributed by atoms with Gasteiger partial charge in [0, 0.05) is 13.7 Å². The summed E-state index contributed by atoms with van der Waals surface area (Å²) in [6, 6.07) is 3.73. The molecule has 1 aromatic rings. The molecule has 5 nitrogen and oxygen atoms in total. The minimum Gasteiger partial charge on any atom is -0.495 e. The zero-order valence-corrected chi connectivity index (χ0v) is 9.64. The Morgan fingerprint density at radius 3 is 2.75 bits per heavy atom. The Morgan fingerprint density at radius 2 is 2.25 bits per heavy atom. The fraction of sp³-hybridized carbons (Fsp3) is 0.545. The highest BCUT2D eigenvalue weighted by molar-refractivity contribution is 5.38. The molecule has 5 heteroatoms. The second-order valence-electron chi connectivity index (χ2n) is 3.39. The van der Waals surface area contributed by atoms with Crippen molar-refractivity contribution in [2.45, 2.75) is 12.5 Å². The zero-order chi connectivity index (χ0) is 11.8. The third-order valence-electron chi connectivity index (χ3n) is 2.17. The lowest BCUT2D eigenvalue weighted by atomic mass is 10.2. The standard InChI is InChI=1S/C11H18N2O3/c1-15-8-9(5-6-14)13-11-4-3-10(16-2)7-12-11/h3-4,7,9,14H,5-6,8H2,1-2H3,(H,12,13). The number of methoxy groups -OCH3 is 2. The van der Waals surface area contributed by atoms with E-state index in [2.05, 4.69) is 10.3 Å². The van der Waals surface area contributed by atoms with Crippen LogP contribution in [0.25, 0.3) is 0 Å². The number of ether oxygens (including phenoxy) is 2. The number of nitrogens with zero attached hydrogens (tertiary/aromatic N) is 1. The minimum atomic E-state index is 0.0656. The number of hydrogen-bond acceptors (Lipinski definition) is 5. The van der Waals surface area contributed by atoms with Crippen LogP contribution in [-0.2, 0) is 4.74 Å². The quantitative estimate of drug-likeness (QED) is 0.723. The van der Waals surface area contributed by atoms with Crippen LogP contribution in [0.3, 0.4) is 0 Å². The van der Waals surface area contributed by atoms with Crippen molar-refractivity contribution in [1.29, 1.82) is 0 Å². The van der Waals surface area contributed by atoms with Crippen LogP contribution in [0.5, 0.6) is 5.75 Å². The normalized spacial score (nSPS) is 12.2. The first-order valence-electron chi connectivity index (χ1n) is 5.16. The van der Waals surface area contributed by atoms with Gasteiger partial charge in [-0.15, -0.1) is 0 Å². The number of rotatable bonds is 7. The Balaban J connectivity index is 2.54. The lowest BCUT2D eigenvalue weighted by Gasteiger charge is -2.17. The van der Waals surface area contributed by atoms with Gasteiger partial charge in [0.25, 0.3) is 0 Å². The van der Waals surface area contributed by atoms with Crippen LogP contribution in [0.4, 0.5) is 5.82 Å². The van der Waals surface area contributed by atoms with Gasteiger partial charge in [-0.25, -0.2) is 4.98 Å². The van der Waals surface area contributed by atoms with Gasteiger partial charge in [-0.2, -0.15) is 0 Å². The van der Waals surface area contributed by atoms with Crippen molar-refractivity contribution in [2.75, 3.05) is 32.8 Å². The van der Waals surface area contributed by atoms with Crippen molar-refractivity contribution in [3.63, 3.8) is 0 Å². The van der Waals surface area contributed by atoms with Gasteiger partial charge in [-0.3, -0.25) is 0 Å². The molecular weight excluding hydrogens is 208 g/mol. The van der Waals surface area contributed by atoms with Crippen molar-refractivity contribution >= 4 is 5.82 Å². The Hall–Kier alpha value is -1.33. The second kappa shape index (κ2) is 7.03. The fourth-order valence-electron chi connectivity index (χ4n) is 1.35. The number of nitrogens with one attached hydrogen (secondary N) is 1. The molecule has 0 saturated heterocycles. The molecule has 0 aliphatic heterocycles. The second-order valence-corrected chi connectivity index (χ2v) is 3.39. The van der Waals surface area contributed by atoms with Crippen LogP contribution in [0.1, 0.15) is 6.42 Å². The molecule has 1 heterocycles. The summed E-state index contributed by atoms with van der Waals surface area (Å²) >= 11 is 0. The first-order valence-corrected chi connectivity index (χ1v) is 5.16. The van der Waals surface area contributed by atoms with Crippen molar-refractivity contribution in [3.05, 3.63) is 18.3 Å². The lowest BCUT2D eigenvalue weighted by Crippen LogP contribution is -2.26. The van der Waals surface area contributed by atoms with E-state index in [1.54, 1.807) is 20.4 Å². The van der Waals surface area contributed by atoms with E-state index in [9.17, 15) is 0 Å². The van der Waals surface area contributed by atoms with E-state index in [0.717, 1.165) is 11.6 Å². The number of aliphatic hydroxyl groups is 1. The molecule has 0 aromatic carbocycles. The molecule has 0 fully saturated rings. The maximum absolute atomic E-state index is 8.89. The van der Waals surface area contributed by atoms with E-state index in [1.165, 1.54) is 0 Å². The molecular formula is C11H18N2O3. The molecule has 2 N–H and O–H groups in total. The Labute approximate surface area is 95.4 Å². The molecule has 90 valence electrons. The van der Waals surface area contributed by atoms with Gasteiger partial charge in [-0.1, -0.05) is 0 Å². The van der Waals surface area contributed by atoms with Crippen molar-refractivity contribution in [1.82, 2.24) is 4.98 Å². The van der Waals surface area contributed by atoms with Gasteiger partial charge < -0.3 is 19.9 Å². The highest BCUT2D eigenvalue weighted by atomic mass is 16.5. The smallest absolute Gasteiger partial charge is 0.137 e. The molecule has 0 saturated carbocycles. The summed E-state index contributed by atoms with van der Waals surface area (Å²) in [6.07, 6.45) is 2.27. The largest absolute Gasteiger partial charge is 0.495 e. The van der Waals surface area contributed by atoms with E-state index in [0.29, 0.717) is 13.0 Å². The van der Waals surface area contributed by atoms with E-state index < -0.39 is 0 Å². The van der Waals surface area contributed by atoms with Gasteiger partial charge in [0.05, 0.1) is 26.0 Å². The highest BCUT2D eigenvalue weighted by Gasteiger charge is 2.08.